The Morgan fingerprint density at radius 2 is 1.91 bits per heavy atom. The number of primary amides is 1. The molecular formula is C17H17N3O2S. The molecule has 0 aliphatic rings. The zero-order chi connectivity index (χ0) is 16.4. The molecule has 1 heterocycles. The topological polar surface area (TPSA) is 88.0 Å². The molecular weight excluding hydrogens is 310 g/mol. The summed E-state index contributed by atoms with van der Waals surface area (Å²) in [6.45, 7) is 0. The number of fused-ring (bicyclic) bond motifs is 3. The molecule has 118 valence electrons. The van der Waals surface area contributed by atoms with Crippen molar-refractivity contribution in [2.75, 3.05) is 12.0 Å². The number of amides is 2. The Hall–Kier alpha value is -2.47. The quantitative estimate of drug-likeness (QED) is 0.672. The molecule has 0 aliphatic carbocycles. The molecule has 3 aromatic rings. The van der Waals surface area contributed by atoms with Crippen LogP contribution in [-0.2, 0) is 4.79 Å². The molecule has 23 heavy (non-hydrogen) atoms. The Morgan fingerprint density at radius 3 is 2.65 bits per heavy atom. The zero-order valence-electron chi connectivity index (χ0n) is 12.6. The lowest BCUT2D eigenvalue weighted by Gasteiger charge is -2.14. The Labute approximate surface area is 137 Å². The number of hydrogen-bond donors (Lipinski definition) is 3. The predicted octanol–water partition coefficient (Wildman–Crippen LogP) is 2.27. The first-order valence-electron chi connectivity index (χ1n) is 7.19. The van der Waals surface area contributed by atoms with Crippen LogP contribution in [-0.4, -0.2) is 34.8 Å². The summed E-state index contributed by atoms with van der Waals surface area (Å²) < 4.78 is 0. The number of H-pyrrole nitrogens is 1. The van der Waals surface area contributed by atoms with Gasteiger partial charge in [0.25, 0.3) is 5.91 Å². The van der Waals surface area contributed by atoms with Gasteiger partial charge in [0.1, 0.15) is 6.04 Å². The molecule has 0 saturated heterocycles. The van der Waals surface area contributed by atoms with Gasteiger partial charge in [-0.15, -0.1) is 0 Å². The summed E-state index contributed by atoms with van der Waals surface area (Å²) >= 11 is 1.46. The van der Waals surface area contributed by atoms with E-state index in [1.807, 2.05) is 42.7 Å². The summed E-state index contributed by atoms with van der Waals surface area (Å²) in [5.41, 5.74) is 7.83. The van der Waals surface area contributed by atoms with Gasteiger partial charge in [-0.05, 0) is 30.5 Å². The maximum absolute atomic E-state index is 12.4. The number of carbonyl (C=O) groups is 2. The van der Waals surface area contributed by atoms with Gasteiger partial charge in [0, 0.05) is 33.1 Å². The lowest BCUT2D eigenvalue weighted by Crippen LogP contribution is -2.46. The number of thioether (sulfide) groups is 1. The Kier molecular flexibility index (Phi) is 4.25. The van der Waals surface area contributed by atoms with E-state index in [-0.39, 0.29) is 5.91 Å². The summed E-state index contributed by atoms with van der Waals surface area (Å²) in [4.78, 5) is 27.1. The Bertz CT molecular complexity index is 888. The van der Waals surface area contributed by atoms with E-state index in [2.05, 4.69) is 10.3 Å². The molecule has 1 aromatic heterocycles. The van der Waals surface area contributed by atoms with Crippen LogP contribution in [0.4, 0.5) is 0 Å². The van der Waals surface area contributed by atoms with Gasteiger partial charge >= 0.3 is 0 Å². The van der Waals surface area contributed by atoms with E-state index in [0.29, 0.717) is 11.3 Å². The molecule has 0 saturated carbocycles. The summed E-state index contributed by atoms with van der Waals surface area (Å²) in [5.74, 6) is -0.368. The van der Waals surface area contributed by atoms with Gasteiger partial charge in [0.15, 0.2) is 0 Å². The van der Waals surface area contributed by atoms with Gasteiger partial charge < -0.3 is 16.0 Å². The van der Waals surface area contributed by atoms with Crippen molar-refractivity contribution >= 4 is 45.4 Å². The average Bonchev–Trinajstić information content (AvgIpc) is 2.92. The van der Waals surface area contributed by atoms with Crippen molar-refractivity contribution in [2.45, 2.75) is 6.04 Å². The van der Waals surface area contributed by atoms with E-state index in [1.165, 1.54) is 11.8 Å². The van der Waals surface area contributed by atoms with Crippen LogP contribution in [0.3, 0.4) is 0 Å². The van der Waals surface area contributed by atoms with Gasteiger partial charge in [-0.3, -0.25) is 9.59 Å². The summed E-state index contributed by atoms with van der Waals surface area (Å²) in [6, 6.07) is 12.7. The second kappa shape index (κ2) is 6.34. The van der Waals surface area contributed by atoms with Gasteiger partial charge in [-0.25, -0.2) is 0 Å². The first kappa shape index (κ1) is 15.4. The maximum Gasteiger partial charge on any atom is 0.251 e. The summed E-state index contributed by atoms with van der Waals surface area (Å²) in [6.07, 6.45) is 1.86. The number of nitrogens with one attached hydrogen (secondary N) is 2. The molecule has 2 aromatic carbocycles. The fraction of sp³-hybridized carbons (Fsp3) is 0.176. The molecule has 5 nitrogen and oxygen atoms in total. The van der Waals surface area contributed by atoms with E-state index in [0.717, 1.165) is 21.8 Å². The van der Waals surface area contributed by atoms with Crippen LogP contribution in [0.5, 0.6) is 0 Å². The third-order valence-electron chi connectivity index (χ3n) is 3.75. The van der Waals surface area contributed by atoms with Crippen LogP contribution < -0.4 is 11.1 Å². The Morgan fingerprint density at radius 1 is 1.17 bits per heavy atom. The third-order valence-corrected chi connectivity index (χ3v) is 4.42. The van der Waals surface area contributed by atoms with E-state index < -0.39 is 11.9 Å². The molecule has 0 radical (unpaired) electrons. The zero-order valence-corrected chi connectivity index (χ0v) is 13.4. The highest BCUT2D eigenvalue weighted by atomic mass is 32.2. The van der Waals surface area contributed by atoms with Gasteiger partial charge in [-0.2, -0.15) is 11.8 Å². The average molecular weight is 327 g/mol. The van der Waals surface area contributed by atoms with Gasteiger partial charge in [0.05, 0.1) is 0 Å². The number of hydrogen-bond acceptors (Lipinski definition) is 3. The molecule has 0 fully saturated rings. The third kappa shape index (κ3) is 3.03. The van der Waals surface area contributed by atoms with Crippen molar-refractivity contribution in [3.8, 4) is 0 Å². The highest BCUT2D eigenvalue weighted by Gasteiger charge is 2.18. The summed E-state index contributed by atoms with van der Waals surface area (Å²) in [5, 5.41) is 4.74. The molecule has 0 spiro atoms. The first-order chi connectivity index (χ1) is 11.1. The number of carbonyl (C=O) groups excluding carboxylic acids is 2. The van der Waals surface area contributed by atoms with Crippen molar-refractivity contribution in [3.05, 3.63) is 48.0 Å². The molecule has 0 unspecified atom stereocenters. The van der Waals surface area contributed by atoms with Crippen molar-refractivity contribution in [1.29, 1.82) is 0 Å². The highest BCUT2D eigenvalue weighted by molar-refractivity contribution is 7.98. The lowest BCUT2D eigenvalue weighted by atomic mass is 10.1. The van der Waals surface area contributed by atoms with E-state index >= 15 is 0 Å². The van der Waals surface area contributed by atoms with E-state index in [4.69, 9.17) is 5.73 Å². The summed E-state index contributed by atoms with van der Waals surface area (Å²) in [7, 11) is 0. The van der Waals surface area contributed by atoms with Crippen molar-refractivity contribution in [1.82, 2.24) is 10.3 Å². The standard InChI is InChI=1S/C17H17N3O2S/c1-23-9-15(16(18)21)20-17(22)10-6-7-14-12(8-10)11-4-2-3-5-13(11)19-14/h2-8,15,19H,9H2,1H3,(H2,18,21)(H,20,22)/t15-/m0/s1. The van der Waals surface area contributed by atoms with Crippen LogP contribution >= 0.6 is 11.8 Å². The van der Waals surface area contributed by atoms with Gasteiger partial charge in [0.2, 0.25) is 5.91 Å². The molecule has 0 bridgehead atoms. The first-order valence-corrected chi connectivity index (χ1v) is 8.59. The van der Waals surface area contributed by atoms with Crippen LogP contribution in [0.1, 0.15) is 10.4 Å². The monoisotopic (exact) mass is 327 g/mol. The molecule has 1 atom stereocenters. The number of rotatable bonds is 5. The van der Waals surface area contributed by atoms with E-state index in [1.54, 1.807) is 6.07 Å². The minimum Gasteiger partial charge on any atom is -0.368 e. The van der Waals surface area contributed by atoms with E-state index in [9.17, 15) is 9.59 Å². The predicted molar refractivity (Wildman–Crippen MR) is 94.6 cm³/mol. The largest absolute Gasteiger partial charge is 0.368 e. The fourth-order valence-corrected chi connectivity index (χ4v) is 3.17. The number of para-hydroxylation sites is 1. The number of aromatic amines is 1. The molecule has 3 rings (SSSR count). The van der Waals surface area contributed by atoms with Crippen molar-refractivity contribution in [2.24, 2.45) is 5.73 Å². The lowest BCUT2D eigenvalue weighted by molar-refractivity contribution is -0.119. The number of aromatic nitrogens is 1. The highest BCUT2D eigenvalue weighted by Crippen LogP contribution is 2.26. The molecule has 2 amide bonds. The van der Waals surface area contributed by atoms with Crippen molar-refractivity contribution in [3.63, 3.8) is 0 Å². The molecule has 0 aliphatic heterocycles. The fourth-order valence-electron chi connectivity index (χ4n) is 2.59. The van der Waals surface area contributed by atoms with Gasteiger partial charge in [-0.1, -0.05) is 18.2 Å². The smallest absolute Gasteiger partial charge is 0.251 e. The molecule has 4 N–H and O–H groups in total. The number of nitrogens with two attached hydrogens (primary N) is 1. The normalized spacial score (nSPS) is 12.4. The SMILES string of the molecule is CSC[C@H](NC(=O)c1ccc2[nH]c3ccccc3c2c1)C(N)=O. The van der Waals surface area contributed by atoms with Crippen LogP contribution in [0.2, 0.25) is 0 Å². The second-order valence-corrected chi connectivity index (χ2v) is 6.23. The Balaban J connectivity index is 1.94. The minimum absolute atomic E-state index is 0.296. The van der Waals surface area contributed by atoms with Crippen LogP contribution in [0.25, 0.3) is 21.8 Å². The van der Waals surface area contributed by atoms with Crippen LogP contribution in [0.15, 0.2) is 42.5 Å². The van der Waals surface area contributed by atoms with Crippen molar-refractivity contribution < 1.29 is 9.59 Å². The minimum atomic E-state index is -0.670. The van der Waals surface area contributed by atoms with Crippen LogP contribution in [0, 0.1) is 0 Å². The number of benzene rings is 2. The molecule has 6 heteroatoms. The second-order valence-electron chi connectivity index (χ2n) is 5.31. The maximum atomic E-state index is 12.4.